The van der Waals surface area contributed by atoms with Gasteiger partial charge in [0, 0.05) is 18.4 Å². The van der Waals surface area contributed by atoms with Crippen LogP contribution in [0, 0.1) is 13.8 Å². The lowest BCUT2D eigenvalue weighted by molar-refractivity contribution is 0.0950. The lowest BCUT2D eigenvalue weighted by Gasteiger charge is -2.15. The topological polar surface area (TPSA) is 106 Å². The standard InChI is InChI=1S/C20H23N5O2/c1-13-8-19(21)24-14(2)17(13)10-22-20(27)16-9-23-25(11-16)18(12-26)15-6-4-3-5-7-15/h3-9,11,18,26H,10,12H2,1-2H3,(H2,21,24)(H,22,27). The van der Waals surface area contributed by atoms with Crippen molar-refractivity contribution in [3.8, 4) is 0 Å². The molecule has 4 N–H and O–H groups in total. The number of aliphatic hydroxyl groups excluding tert-OH is 1. The Hall–Kier alpha value is -3.19. The molecule has 0 aliphatic heterocycles. The number of aryl methyl sites for hydroxylation is 2. The van der Waals surface area contributed by atoms with E-state index in [0.29, 0.717) is 17.9 Å². The summed E-state index contributed by atoms with van der Waals surface area (Å²) in [5, 5.41) is 16.9. The molecular formula is C20H23N5O2. The molecule has 7 heteroatoms. The SMILES string of the molecule is Cc1cc(N)nc(C)c1CNC(=O)c1cnn(C(CO)c2ccccc2)c1. The summed E-state index contributed by atoms with van der Waals surface area (Å²) < 4.78 is 1.60. The highest BCUT2D eigenvalue weighted by molar-refractivity contribution is 5.93. The number of carbonyl (C=O) groups is 1. The number of hydrogen-bond donors (Lipinski definition) is 3. The Morgan fingerprint density at radius 1 is 1.30 bits per heavy atom. The predicted octanol–water partition coefficient (Wildman–Crippen LogP) is 1.99. The van der Waals surface area contributed by atoms with Crippen LogP contribution in [0.4, 0.5) is 5.82 Å². The molecule has 0 fully saturated rings. The van der Waals surface area contributed by atoms with Gasteiger partial charge >= 0.3 is 0 Å². The van der Waals surface area contributed by atoms with Crippen molar-refractivity contribution in [1.82, 2.24) is 20.1 Å². The first kappa shape index (κ1) is 18.6. The van der Waals surface area contributed by atoms with Gasteiger partial charge in [0.05, 0.1) is 24.4 Å². The number of carbonyl (C=O) groups excluding carboxylic acids is 1. The molecule has 1 amide bonds. The molecule has 2 heterocycles. The van der Waals surface area contributed by atoms with Crippen molar-refractivity contribution >= 4 is 11.7 Å². The lowest BCUT2D eigenvalue weighted by atomic mass is 10.1. The molecule has 0 bridgehead atoms. The maximum absolute atomic E-state index is 12.5. The third-order valence-corrected chi connectivity index (χ3v) is 4.54. The van der Waals surface area contributed by atoms with E-state index in [1.807, 2.05) is 44.2 Å². The summed E-state index contributed by atoms with van der Waals surface area (Å²) in [5.41, 5.74) is 9.83. The van der Waals surface area contributed by atoms with Crippen LogP contribution in [0.15, 0.2) is 48.8 Å². The quantitative estimate of drug-likeness (QED) is 0.619. The van der Waals surface area contributed by atoms with Crippen LogP contribution in [-0.4, -0.2) is 32.4 Å². The first-order valence-electron chi connectivity index (χ1n) is 8.70. The number of nitrogens with two attached hydrogens (primary N) is 1. The van der Waals surface area contributed by atoms with Gasteiger partial charge in [-0.05, 0) is 36.6 Å². The van der Waals surface area contributed by atoms with Gasteiger partial charge in [-0.15, -0.1) is 0 Å². The molecule has 0 radical (unpaired) electrons. The van der Waals surface area contributed by atoms with E-state index < -0.39 is 0 Å². The highest BCUT2D eigenvalue weighted by atomic mass is 16.3. The second-order valence-corrected chi connectivity index (χ2v) is 6.43. The Balaban J connectivity index is 1.72. The van der Waals surface area contributed by atoms with Gasteiger partial charge < -0.3 is 16.2 Å². The number of hydrogen-bond acceptors (Lipinski definition) is 5. The number of pyridine rings is 1. The Bertz CT molecular complexity index is 914. The molecule has 1 unspecified atom stereocenters. The summed E-state index contributed by atoms with van der Waals surface area (Å²) in [7, 11) is 0. The fraction of sp³-hybridized carbons (Fsp3) is 0.250. The van der Waals surface area contributed by atoms with Crippen molar-refractivity contribution in [2.45, 2.75) is 26.4 Å². The number of amides is 1. The van der Waals surface area contributed by atoms with E-state index in [1.165, 1.54) is 6.20 Å². The molecule has 0 aliphatic carbocycles. The van der Waals surface area contributed by atoms with Crippen LogP contribution in [-0.2, 0) is 6.54 Å². The summed E-state index contributed by atoms with van der Waals surface area (Å²) in [6.45, 7) is 4.06. The maximum Gasteiger partial charge on any atom is 0.254 e. The van der Waals surface area contributed by atoms with Crippen LogP contribution in [0.2, 0.25) is 0 Å². The minimum atomic E-state index is -0.335. The van der Waals surface area contributed by atoms with Crippen LogP contribution in [0.25, 0.3) is 0 Å². The molecule has 0 saturated heterocycles. The van der Waals surface area contributed by atoms with Crippen LogP contribution >= 0.6 is 0 Å². The number of nitrogens with zero attached hydrogens (tertiary/aromatic N) is 3. The van der Waals surface area contributed by atoms with Gasteiger partial charge in [0.1, 0.15) is 5.82 Å². The predicted molar refractivity (Wildman–Crippen MR) is 103 cm³/mol. The van der Waals surface area contributed by atoms with Crippen molar-refractivity contribution in [2.75, 3.05) is 12.3 Å². The summed E-state index contributed by atoms with van der Waals surface area (Å²) in [5.74, 6) is 0.235. The van der Waals surface area contributed by atoms with Gasteiger partial charge in [-0.3, -0.25) is 9.48 Å². The van der Waals surface area contributed by atoms with Crippen molar-refractivity contribution in [2.24, 2.45) is 0 Å². The number of aliphatic hydroxyl groups is 1. The zero-order valence-corrected chi connectivity index (χ0v) is 15.4. The first-order valence-corrected chi connectivity index (χ1v) is 8.70. The Kier molecular flexibility index (Phi) is 5.52. The van der Waals surface area contributed by atoms with Gasteiger partial charge in [-0.25, -0.2) is 4.98 Å². The summed E-state index contributed by atoms with van der Waals surface area (Å²) in [6, 6.07) is 11.0. The molecule has 27 heavy (non-hydrogen) atoms. The van der Waals surface area contributed by atoms with E-state index >= 15 is 0 Å². The highest BCUT2D eigenvalue weighted by Crippen LogP contribution is 2.18. The minimum absolute atomic E-state index is 0.109. The molecule has 140 valence electrons. The molecule has 3 aromatic rings. The third kappa shape index (κ3) is 4.15. The van der Waals surface area contributed by atoms with E-state index in [0.717, 1.165) is 22.4 Å². The molecule has 1 atom stereocenters. The number of rotatable bonds is 6. The lowest BCUT2D eigenvalue weighted by Crippen LogP contribution is -2.24. The molecule has 3 rings (SSSR count). The largest absolute Gasteiger partial charge is 0.394 e. The number of anilines is 1. The number of benzene rings is 1. The summed E-state index contributed by atoms with van der Waals surface area (Å²) >= 11 is 0. The zero-order valence-electron chi connectivity index (χ0n) is 15.4. The maximum atomic E-state index is 12.5. The molecule has 0 saturated carbocycles. The van der Waals surface area contributed by atoms with Crippen LogP contribution in [0.1, 0.15) is 38.8 Å². The van der Waals surface area contributed by atoms with E-state index in [-0.39, 0.29) is 18.6 Å². The van der Waals surface area contributed by atoms with Gasteiger partial charge in [0.15, 0.2) is 0 Å². The molecule has 0 spiro atoms. The number of nitrogen functional groups attached to an aromatic ring is 1. The fourth-order valence-electron chi connectivity index (χ4n) is 3.07. The smallest absolute Gasteiger partial charge is 0.254 e. The van der Waals surface area contributed by atoms with E-state index in [2.05, 4.69) is 15.4 Å². The van der Waals surface area contributed by atoms with E-state index in [4.69, 9.17) is 5.73 Å². The third-order valence-electron chi connectivity index (χ3n) is 4.54. The molecule has 1 aromatic carbocycles. The molecule has 2 aromatic heterocycles. The number of aromatic nitrogens is 3. The van der Waals surface area contributed by atoms with Crippen LogP contribution in [0.5, 0.6) is 0 Å². The second-order valence-electron chi connectivity index (χ2n) is 6.43. The molecule has 7 nitrogen and oxygen atoms in total. The normalized spacial score (nSPS) is 12.0. The average Bonchev–Trinajstić information content (AvgIpc) is 3.12. The van der Waals surface area contributed by atoms with Crippen molar-refractivity contribution < 1.29 is 9.90 Å². The summed E-state index contributed by atoms with van der Waals surface area (Å²) in [4.78, 5) is 16.7. The van der Waals surface area contributed by atoms with Gasteiger partial charge in [-0.1, -0.05) is 30.3 Å². The Morgan fingerprint density at radius 2 is 2.04 bits per heavy atom. The van der Waals surface area contributed by atoms with E-state index in [1.54, 1.807) is 16.9 Å². The molecular weight excluding hydrogens is 342 g/mol. The van der Waals surface area contributed by atoms with Gasteiger partial charge in [0.25, 0.3) is 5.91 Å². The highest BCUT2D eigenvalue weighted by Gasteiger charge is 2.16. The Morgan fingerprint density at radius 3 is 2.70 bits per heavy atom. The Labute approximate surface area is 157 Å². The van der Waals surface area contributed by atoms with Crippen LogP contribution in [0.3, 0.4) is 0 Å². The van der Waals surface area contributed by atoms with Crippen molar-refractivity contribution in [3.63, 3.8) is 0 Å². The first-order chi connectivity index (χ1) is 13.0. The fourth-order valence-corrected chi connectivity index (χ4v) is 3.07. The molecule has 0 aliphatic rings. The van der Waals surface area contributed by atoms with Gasteiger partial charge in [0.2, 0.25) is 0 Å². The monoisotopic (exact) mass is 365 g/mol. The summed E-state index contributed by atoms with van der Waals surface area (Å²) in [6.07, 6.45) is 3.14. The average molecular weight is 365 g/mol. The van der Waals surface area contributed by atoms with E-state index in [9.17, 15) is 9.90 Å². The minimum Gasteiger partial charge on any atom is -0.394 e. The van der Waals surface area contributed by atoms with Crippen molar-refractivity contribution in [1.29, 1.82) is 0 Å². The van der Waals surface area contributed by atoms with Crippen molar-refractivity contribution in [3.05, 3.63) is 76.7 Å². The van der Waals surface area contributed by atoms with Gasteiger partial charge in [-0.2, -0.15) is 5.10 Å². The second kappa shape index (κ2) is 8.01. The van der Waals surface area contributed by atoms with Crippen LogP contribution < -0.4 is 11.1 Å². The zero-order chi connectivity index (χ0) is 19.4. The number of nitrogens with one attached hydrogen (secondary N) is 1.